The molecule has 2 aliphatic rings. The van der Waals surface area contributed by atoms with Gasteiger partial charge in [0.1, 0.15) is 10.2 Å². The highest BCUT2D eigenvalue weighted by Gasteiger charge is 2.35. The Kier molecular flexibility index (Phi) is 7.21. The van der Waals surface area contributed by atoms with E-state index in [0.717, 1.165) is 43.7 Å². The molecule has 1 aromatic carbocycles. The zero-order valence-electron chi connectivity index (χ0n) is 20.6. The van der Waals surface area contributed by atoms with Crippen LogP contribution in [0.2, 0.25) is 0 Å². The first-order valence-corrected chi connectivity index (χ1v) is 12.8. The third-order valence-corrected chi connectivity index (χ3v) is 6.73. The number of halogens is 1. The highest BCUT2D eigenvalue weighted by molar-refractivity contribution is 9.10. The molecular formula is C25H33BrN6O3. The van der Waals surface area contributed by atoms with E-state index in [4.69, 9.17) is 10.5 Å². The second-order valence-electron chi connectivity index (χ2n) is 10.4. The van der Waals surface area contributed by atoms with Crippen LogP contribution < -0.4 is 21.3 Å². The fourth-order valence-corrected chi connectivity index (χ4v) is 4.69. The van der Waals surface area contributed by atoms with E-state index in [1.54, 1.807) is 0 Å². The van der Waals surface area contributed by atoms with Gasteiger partial charge in [0, 0.05) is 19.1 Å². The number of ether oxygens (including phenoxy) is 1. The first-order valence-electron chi connectivity index (χ1n) is 12.0. The molecule has 188 valence electrons. The van der Waals surface area contributed by atoms with Crippen molar-refractivity contribution in [2.75, 3.05) is 29.0 Å². The van der Waals surface area contributed by atoms with Crippen molar-refractivity contribution in [1.82, 2.24) is 15.3 Å². The maximum absolute atomic E-state index is 13.1. The van der Waals surface area contributed by atoms with Crippen LogP contribution in [0.4, 0.5) is 22.0 Å². The SMILES string of the molecule is CC1CC1c1ccc(N2CCC(NC(=O)OC(C)(C)C)CC2)c(NC(=O)c2nc(Br)cnc2N)c1. The Hall–Kier alpha value is -2.88. The Labute approximate surface area is 214 Å². The molecule has 0 spiro atoms. The molecule has 1 aliphatic heterocycles. The number of nitrogens with two attached hydrogens (primary N) is 1. The van der Waals surface area contributed by atoms with Crippen LogP contribution in [0.5, 0.6) is 0 Å². The Balaban J connectivity index is 1.49. The summed E-state index contributed by atoms with van der Waals surface area (Å²) in [4.78, 5) is 35.7. The summed E-state index contributed by atoms with van der Waals surface area (Å²) in [6.45, 7) is 9.26. The Morgan fingerprint density at radius 1 is 1.23 bits per heavy atom. The summed E-state index contributed by atoms with van der Waals surface area (Å²) in [5.74, 6) is 0.832. The summed E-state index contributed by atoms with van der Waals surface area (Å²) < 4.78 is 5.83. The molecule has 10 heteroatoms. The van der Waals surface area contributed by atoms with Crippen LogP contribution in [-0.4, -0.2) is 46.7 Å². The van der Waals surface area contributed by atoms with Crippen LogP contribution in [-0.2, 0) is 4.74 Å². The number of anilines is 3. The van der Waals surface area contributed by atoms with Gasteiger partial charge in [0.25, 0.3) is 5.91 Å². The van der Waals surface area contributed by atoms with Crippen LogP contribution in [0.15, 0.2) is 29.0 Å². The molecule has 0 radical (unpaired) electrons. The van der Waals surface area contributed by atoms with Crippen LogP contribution in [0.25, 0.3) is 0 Å². The first kappa shape index (κ1) is 25.2. The lowest BCUT2D eigenvalue weighted by atomic mass is 10.0. The number of hydrogen-bond donors (Lipinski definition) is 3. The van der Waals surface area contributed by atoms with E-state index < -0.39 is 11.5 Å². The van der Waals surface area contributed by atoms with Crippen LogP contribution in [0, 0.1) is 5.92 Å². The maximum Gasteiger partial charge on any atom is 0.407 e. The van der Waals surface area contributed by atoms with E-state index in [2.05, 4.69) is 66.6 Å². The fourth-order valence-electron chi connectivity index (χ4n) is 4.41. The number of hydrogen-bond acceptors (Lipinski definition) is 7. The van der Waals surface area contributed by atoms with Gasteiger partial charge in [-0.3, -0.25) is 4.79 Å². The van der Waals surface area contributed by atoms with Crippen molar-refractivity contribution >= 4 is 45.1 Å². The second kappa shape index (κ2) is 10.0. The maximum atomic E-state index is 13.1. The predicted octanol–water partition coefficient (Wildman–Crippen LogP) is 4.69. The van der Waals surface area contributed by atoms with Crippen molar-refractivity contribution in [3.63, 3.8) is 0 Å². The molecule has 9 nitrogen and oxygen atoms in total. The minimum absolute atomic E-state index is 0.0440. The molecule has 2 heterocycles. The van der Waals surface area contributed by atoms with E-state index in [1.807, 2.05) is 20.8 Å². The first-order chi connectivity index (χ1) is 16.5. The minimum Gasteiger partial charge on any atom is -0.444 e. The van der Waals surface area contributed by atoms with Gasteiger partial charge in [0.05, 0.1) is 17.6 Å². The van der Waals surface area contributed by atoms with Crippen molar-refractivity contribution in [2.45, 2.75) is 64.5 Å². The summed E-state index contributed by atoms with van der Waals surface area (Å²) in [7, 11) is 0. The molecule has 4 rings (SSSR count). The van der Waals surface area contributed by atoms with Crippen LogP contribution >= 0.6 is 15.9 Å². The second-order valence-corrected chi connectivity index (χ2v) is 11.2. The number of alkyl carbamates (subject to hydrolysis) is 1. The standard InChI is InChI=1S/C25H33BrN6O3/c1-14-11-17(14)15-5-6-19(18(12-15)30-23(33)21-22(27)28-13-20(26)31-21)32-9-7-16(8-10-32)29-24(34)35-25(2,3)4/h5-6,12-14,16-17H,7-11H2,1-4H3,(H2,27,28)(H,29,34)(H,30,33). The molecule has 0 bridgehead atoms. The smallest absolute Gasteiger partial charge is 0.407 e. The summed E-state index contributed by atoms with van der Waals surface area (Å²) in [6, 6.07) is 6.33. The number of aromatic nitrogens is 2. The predicted molar refractivity (Wildman–Crippen MR) is 140 cm³/mol. The van der Waals surface area contributed by atoms with Crippen molar-refractivity contribution < 1.29 is 14.3 Å². The van der Waals surface area contributed by atoms with E-state index in [-0.39, 0.29) is 23.6 Å². The van der Waals surface area contributed by atoms with Gasteiger partial charge >= 0.3 is 6.09 Å². The third kappa shape index (κ3) is 6.42. The number of rotatable bonds is 5. The van der Waals surface area contributed by atoms with Crippen LogP contribution in [0.3, 0.4) is 0 Å². The summed E-state index contributed by atoms with van der Waals surface area (Å²) in [5, 5.41) is 6.00. The molecule has 2 aromatic rings. The Bertz CT molecular complexity index is 1110. The topological polar surface area (TPSA) is 122 Å². The van der Waals surface area contributed by atoms with E-state index in [9.17, 15) is 9.59 Å². The normalized spacial score (nSPS) is 20.3. The summed E-state index contributed by atoms with van der Waals surface area (Å²) in [5.41, 5.74) is 8.35. The molecule has 2 amide bonds. The van der Waals surface area contributed by atoms with Gasteiger partial charge in [0.2, 0.25) is 0 Å². The molecule has 1 aliphatic carbocycles. The molecule has 2 atom stereocenters. The highest BCUT2D eigenvalue weighted by Crippen LogP contribution is 2.48. The molecule has 1 saturated carbocycles. The molecule has 1 saturated heterocycles. The highest BCUT2D eigenvalue weighted by atomic mass is 79.9. The molecular weight excluding hydrogens is 512 g/mol. The lowest BCUT2D eigenvalue weighted by Crippen LogP contribution is -2.46. The zero-order valence-corrected chi connectivity index (χ0v) is 22.2. The number of carbonyl (C=O) groups is 2. The van der Waals surface area contributed by atoms with Gasteiger partial charge in [-0.05, 0) is 85.5 Å². The number of nitrogens with one attached hydrogen (secondary N) is 2. The van der Waals surface area contributed by atoms with Gasteiger partial charge in [-0.2, -0.15) is 0 Å². The minimum atomic E-state index is -0.527. The largest absolute Gasteiger partial charge is 0.444 e. The Morgan fingerprint density at radius 3 is 2.54 bits per heavy atom. The average Bonchev–Trinajstić information content (AvgIpc) is 3.51. The van der Waals surface area contributed by atoms with E-state index >= 15 is 0 Å². The number of piperidine rings is 1. The zero-order chi connectivity index (χ0) is 25.3. The summed E-state index contributed by atoms with van der Waals surface area (Å²) >= 11 is 3.25. The van der Waals surface area contributed by atoms with Gasteiger partial charge < -0.3 is 26.0 Å². The van der Waals surface area contributed by atoms with Crippen molar-refractivity contribution in [3.8, 4) is 0 Å². The lowest BCUT2D eigenvalue weighted by Gasteiger charge is -2.35. The van der Waals surface area contributed by atoms with Gasteiger partial charge in [-0.1, -0.05) is 13.0 Å². The molecule has 4 N–H and O–H groups in total. The third-order valence-electron chi connectivity index (χ3n) is 6.35. The number of nitrogens with zero attached hydrogens (tertiary/aromatic N) is 3. The lowest BCUT2D eigenvalue weighted by molar-refractivity contribution is 0.0497. The monoisotopic (exact) mass is 544 g/mol. The number of benzene rings is 1. The molecule has 35 heavy (non-hydrogen) atoms. The quantitative estimate of drug-likeness (QED) is 0.498. The number of amides is 2. The average molecular weight is 545 g/mol. The van der Waals surface area contributed by atoms with Crippen molar-refractivity contribution in [1.29, 1.82) is 0 Å². The number of nitrogen functional groups attached to an aromatic ring is 1. The van der Waals surface area contributed by atoms with E-state index in [0.29, 0.717) is 16.4 Å². The number of carbonyl (C=O) groups excluding carboxylic acids is 2. The Morgan fingerprint density at radius 2 is 1.91 bits per heavy atom. The van der Waals surface area contributed by atoms with Crippen molar-refractivity contribution in [2.24, 2.45) is 5.92 Å². The van der Waals surface area contributed by atoms with Gasteiger partial charge in [-0.15, -0.1) is 0 Å². The van der Waals surface area contributed by atoms with Crippen molar-refractivity contribution in [3.05, 3.63) is 40.3 Å². The summed E-state index contributed by atoms with van der Waals surface area (Å²) in [6.07, 6.45) is 3.77. The van der Waals surface area contributed by atoms with Gasteiger partial charge in [-0.25, -0.2) is 14.8 Å². The fraction of sp³-hybridized carbons (Fsp3) is 0.520. The van der Waals surface area contributed by atoms with Gasteiger partial charge in [0.15, 0.2) is 11.5 Å². The van der Waals surface area contributed by atoms with E-state index in [1.165, 1.54) is 11.8 Å². The van der Waals surface area contributed by atoms with Crippen LogP contribution in [0.1, 0.15) is 68.9 Å². The molecule has 1 aromatic heterocycles. The molecule has 2 unspecified atom stereocenters. The molecule has 2 fully saturated rings.